The van der Waals surface area contributed by atoms with Crippen LogP contribution in [0.5, 0.6) is 11.5 Å². The molecule has 0 unspecified atom stereocenters. The second-order valence-corrected chi connectivity index (χ2v) is 7.01. The van der Waals surface area contributed by atoms with Crippen molar-refractivity contribution >= 4 is 6.03 Å². The highest BCUT2D eigenvalue weighted by Crippen LogP contribution is 2.26. The van der Waals surface area contributed by atoms with E-state index >= 15 is 0 Å². The number of carbonyl (C=O) groups is 1. The van der Waals surface area contributed by atoms with E-state index in [1.165, 1.54) is 0 Å². The number of aryl methyl sites for hydroxylation is 1. The standard InChI is InChI=1S/C22H25N5O2/c1-26-16-18(15-23-11-13-27-14-12-24-22(27)28)21(25-26)17-7-9-20(10-8-17)29-19-5-3-2-4-6-19/h2-10,16,23H,11-15H2,1H3,(H,24,28). The van der Waals surface area contributed by atoms with Crippen molar-refractivity contribution in [3.63, 3.8) is 0 Å². The molecule has 4 rings (SSSR count). The van der Waals surface area contributed by atoms with Gasteiger partial charge in [-0.15, -0.1) is 0 Å². The third-order valence-electron chi connectivity index (χ3n) is 4.83. The molecular weight excluding hydrogens is 366 g/mol. The van der Waals surface area contributed by atoms with Crippen LogP contribution in [-0.2, 0) is 13.6 Å². The molecule has 150 valence electrons. The van der Waals surface area contributed by atoms with E-state index < -0.39 is 0 Å². The van der Waals surface area contributed by atoms with Gasteiger partial charge in [0.15, 0.2) is 0 Å². The number of rotatable bonds is 8. The summed E-state index contributed by atoms with van der Waals surface area (Å²) in [7, 11) is 1.93. The van der Waals surface area contributed by atoms with E-state index in [0.29, 0.717) is 13.1 Å². The summed E-state index contributed by atoms with van der Waals surface area (Å²) in [5.41, 5.74) is 3.11. The molecule has 0 atom stereocenters. The molecule has 0 aliphatic carbocycles. The minimum absolute atomic E-state index is 0.0201. The molecule has 29 heavy (non-hydrogen) atoms. The zero-order valence-corrected chi connectivity index (χ0v) is 16.5. The molecule has 1 aromatic heterocycles. The van der Waals surface area contributed by atoms with Crippen molar-refractivity contribution in [2.24, 2.45) is 7.05 Å². The van der Waals surface area contributed by atoms with E-state index in [1.807, 2.05) is 77.4 Å². The highest BCUT2D eigenvalue weighted by Gasteiger charge is 2.18. The number of ether oxygens (including phenoxy) is 1. The zero-order valence-electron chi connectivity index (χ0n) is 16.5. The number of benzene rings is 2. The van der Waals surface area contributed by atoms with Gasteiger partial charge < -0.3 is 20.3 Å². The largest absolute Gasteiger partial charge is 0.457 e. The fourth-order valence-corrected chi connectivity index (χ4v) is 3.38. The molecule has 2 N–H and O–H groups in total. The van der Waals surface area contributed by atoms with Crippen LogP contribution in [0.2, 0.25) is 0 Å². The first-order valence-corrected chi connectivity index (χ1v) is 9.78. The van der Waals surface area contributed by atoms with Crippen molar-refractivity contribution in [1.29, 1.82) is 0 Å². The summed E-state index contributed by atoms with van der Waals surface area (Å²) < 4.78 is 7.69. The molecule has 2 heterocycles. The molecule has 0 spiro atoms. The van der Waals surface area contributed by atoms with Crippen molar-refractivity contribution < 1.29 is 9.53 Å². The number of hydrogen-bond donors (Lipinski definition) is 2. The van der Waals surface area contributed by atoms with Crippen molar-refractivity contribution in [1.82, 2.24) is 25.3 Å². The lowest BCUT2D eigenvalue weighted by molar-refractivity contribution is 0.217. The number of nitrogens with one attached hydrogen (secondary N) is 2. The van der Waals surface area contributed by atoms with Gasteiger partial charge in [0.25, 0.3) is 0 Å². The molecule has 0 bridgehead atoms. The van der Waals surface area contributed by atoms with E-state index in [9.17, 15) is 4.79 Å². The molecule has 3 aromatic rings. The Bertz CT molecular complexity index is 953. The second kappa shape index (κ2) is 8.79. The smallest absolute Gasteiger partial charge is 0.317 e. The molecule has 1 aliphatic rings. The maximum absolute atomic E-state index is 11.6. The van der Waals surface area contributed by atoms with Crippen LogP contribution < -0.4 is 15.4 Å². The van der Waals surface area contributed by atoms with E-state index in [1.54, 1.807) is 0 Å². The number of amides is 2. The average molecular weight is 391 g/mol. The molecular formula is C22H25N5O2. The van der Waals surface area contributed by atoms with Crippen LogP contribution in [0.3, 0.4) is 0 Å². The Morgan fingerprint density at radius 2 is 1.86 bits per heavy atom. The molecule has 7 nitrogen and oxygen atoms in total. The average Bonchev–Trinajstić information content (AvgIpc) is 3.32. The van der Waals surface area contributed by atoms with Gasteiger partial charge in [-0.05, 0) is 36.4 Å². The summed E-state index contributed by atoms with van der Waals surface area (Å²) in [6.07, 6.45) is 2.03. The summed E-state index contributed by atoms with van der Waals surface area (Å²) in [5, 5.41) is 10.9. The maximum atomic E-state index is 11.6. The third-order valence-corrected chi connectivity index (χ3v) is 4.83. The molecule has 1 saturated heterocycles. The van der Waals surface area contributed by atoms with Gasteiger partial charge in [0, 0.05) is 57.1 Å². The molecule has 0 saturated carbocycles. The zero-order chi connectivity index (χ0) is 20.1. The Morgan fingerprint density at radius 3 is 2.59 bits per heavy atom. The number of nitrogens with zero attached hydrogens (tertiary/aromatic N) is 3. The molecule has 2 amide bonds. The van der Waals surface area contributed by atoms with Gasteiger partial charge in [-0.1, -0.05) is 18.2 Å². The van der Waals surface area contributed by atoms with Crippen molar-refractivity contribution in [3.8, 4) is 22.8 Å². The fourth-order valence-electron chi connectivity index (χ4n) is 3.38. The van der Waals surface area contributed by atoms with Gasteiger partial charge in [0.1, 0.15) is 11.5 Å². The Labute approximate surface area is 170 Å². The van der Waals surface area contributed by atoms with E-state index in [0.717, 1.165) is 48.0 Å². The fraction of sp³-hybridized carbons (Fsp3) is 0.273. The summed E-state index contributed by atoms with van der Waals surface area (Å²) in [6.45, 7) is 3.64. The molecule has 7 heteroatoms. The van der Waals surface area contributed by atoms with Gasteiger partial charge in [-0.25, -0.2) is 4.79 Å². The maximum Gasteiger partial charge on any atom is 0.317 e. The first kappa shape index (κ1) is 19.0. The number of urea groups is 1. The summed E-state index contributed by atoms with van der Waals surface area (Å²) in [5.74, 6) is 1.61. The molecule has 0 radical (unpaired) electrons. The number of aromatic nitrogens is 2. The monoisotopic (exact) mass is 391 g/mol. The van der Waals surface area contributed by atoms with E-state index in [4.69, 9.17) is 4.74 Å². The van der Waals surface area contributed by atoms with Crippen LogP contribution in [0.15, 0.2) is 60.8 Å². The minimum Gasteiger partial charge on any atom is -0.457 e. The van der Waals surface area contributed by atoms with Crippen molar-refractivity contribution in [2.75, 3.05) is 26.2 Å². The summed E-state index contributed by atoms with van der Waals surface area (Å²) in [4.78, 5) is 13.4. The third kappa shape index (κ3) is 4.75. The molecule has 1 aliphatic heterocycles. The lowest BCUT2D eigenvalue weighted by atomic mass is 10.1. The van der Waals surface area contributed by atoms with Crippen LogP contribution in [0.25, 0.3) is 11.3 Å². The van der Waals surface area contributed by atoms with Crippen molar-refractivity contribution in [2.45, 2.75) is 6.54 Å². The van der Waals surface area contributed by atoms with Crippen LogP contribution >= 0.6 is 0 Å². The van der Waals surface area contributed by atoms with Crippen molar-refractivity contribution in [3.05, 3.63) is 66.4 Å². The molecule has 1 fully saturated rings. The van der Waals surface area contributed by atoms with Crippen LogP contribution in [0.4, 0.5) is 4.79 Å². The normalized spacial score (nSPS) is 13.6. The second-order valence-electron chi connectivity index (χ2n) is 7.01. The SMILES string of the molecule is Cn1cc(CNCCN2CCNC2=O)c(-c2ccc(Oc3ccccc3)cc2)n1. The highest BCUT2D eigenvalue weighted by atomic mass is 16.5. The highest BCUT2D eigenvalue weighted by molar-refractivity contribution is 5.76. The topological polar surface area (TPSA) is 71.4 Å². The number of para-hydroxylation sites is 1. The Hall–Kier alpha value is -3.32. The lowest BCUT2D eigenvalue weighted by Gasteiger charge is -2.14. The van der Waals surface area contributed by atoms with E-state index in [-0.39, 0.29) is 6.03 Å². The number of hydrogen-bond acceptors (Lipinski definition) is 4. The molecule has 2 aromatic carbocycles. The quantitative estimate of drug-likeness (QED) is 0.579. The Morgan fingerprint density at radius 1 is 1.10 bits per heavy atom. The Kier molecular flexibility index (Phi) is 5.76. The first-order valence-electron chi connectivity index (χ1n) is 9.78. The van der Waals surface area contributed by atoms with Crippen LogP contribution in [0, 0.1) is 0 Å². The summed E-state index contributed by atoms with van der Waals surface area (Å²) in [6, 6.07) is 17.7. The predicted octanol–water partition coefficient (Wildman–Crippen LogP) is 2.99. The predicted molar refractivity (Wildman–Crippen MR) is 112 cm³/mol. The summed E-state index contributed by atoms with van der Waals surface area (Å²) >= 11 is 0. The van der Waals surface area contributed by atoms with Gasteiger partial charge in [0.2, 0.25) is 0 Å². The van der Waals surface area contributed by atoms with Gasteiger partial charge in [-0.3, -0.25) is 4.68 Å². The van der Waals surface area contributed by atoms with Crippen LogP contribution in [0.1, 0.15) is 5.56 Å². The van der Waals surface area contributed by atoms with Gasteiger partial charge >= 0.3 is 6.03 Å². The van der Waals surface area contributed by atoms with E-state index in [2.05, 4.69) is 15.7 Å². The Balaban J connectivity index is 1.37. The minimum atomic E-state index is 0.0201. The van der Waals surface area contributed by atoms with Gasteiger partial charge in [-0.2, -0.15) is 5.10 Å². The van der Waals surface area contributed by atoms with Crippen LogP contribution in [-0.4, -0.2) is 46.9 Å². The van der Waals surface area contributed by atoms with Gasteiger partial charge in [0.05, 0.1) is 5.69 Å². The lowest BCUT2D eigenvalue weighted by Crippen LogP contribution is -2.34. The first-order chi connectivity index (χ1) is 14.2. The number of carbonyl (C=O) groups excluding carboxylic acids is 1.